The molecular formula is C13H10BrN3OS2. The minimum atomic E-state index is -0.145. The lowest BCUT2D eigenvalue weighted by Crippen LogP contribution is -2.22. The van der Waals surface area contributed by atoms with Crippen molar-refractivity contribution in [1.82, 2.24) is 10.3 Å². The Labute approximate surface area is 131 Å². The summed E-state index contributed by atoms with van der Waals surface area (Å²) in [5, 5.41) is 5.76. The van der Waals surface area contributed by atoms with E-state index < -0.39 is 0 Å². The summed E-state index contributed by atoms with van der Waals surface area (Å²) in [7, 11) is 0. The third-order valence-corrected chi connectivity index (χ3v) is 5.63. The molecule has 0 aliphatic carbocycles. The van der Waals surface area contributed by atoms with E-state index in [1.807, 2.05) is 17.5 Å². The molecule has 0 fully saturated rings. The molecule has 0 unspecified atom stereocenters. The smallest absolute Gasteiger partial charge is 0.263 e. The highest BCUT2D eigenvalue weighted by Crippen LogP contribution is 2.32. The number of nitrogens with zero attached hydrogens (tertiary/aromatic N) is 1. The first-order valence-electron chi connectivity index (χ1n) is 5.78. The summed E-state index contributed by atoms with van der Waals surface area (Å²) in [4.78, 5) is 17.9. The van der Waals surface area contributed by atoms with E-state index in [0.29, 0.717) is 17.1 Å². The van der Waals surface area contributed by atoms with Gasteiger partial charge in [-0.2, -0.15) is 0 Å². The molecule has 0 spiro atoms. The monoisotopic (exact) mass is 367 g/mol. The zero-order valence-corrected chi connectivity index (χ0v) is 13.4. The number of amides is 1. The number of nitrogens with one attached hydrogen (secondary N) is 1. The maximum atomic E-state index is 12.2. The van der Waals surface area contributed by atoms with Crippen molar-refractivity contribution in [2.45, 2.75) is 6.54 Å². The number of aromatic nitrogens is 1. The Bertz CT molecular complexity index is 781. The van der Waals surface area contributed by atoms with Crippen molar-refractivity contribution in [2.24, 2.45) is 0 Å². The average molecular weight is 368 g/mol. The van der Waals surface area contributed by atoms with E-state index >= 15 is 0 Å². The van der Waals surface area contributed by atoms with Gasteiger partial charge in [0.2, 0.25) is 0 Å². The van der Waals surface area contributed by atoms with Crippen molar-refractivity contribution >= 4 is 60.3 Å². The maximum absolute atomic E-state index is 12.2. The van der Waals surface area contributed by atoms with Gasteiger partial charge in [-0.25, -0.2) is 0 Å². The molecule has 3 N–H and O–H groups in total. The van der Waals surface area contributed by atoms with Crippen LogP contribution in [0, 0.1) is 0 Å². The number of rotatable bonds is 3. The molecule has 0 atom stereocenters. The predicted octanol–water partition coefficient (Wildman–Crippen LogP) is 3.63. The molecule has 3 aromatic rings. The summed E-state index contributed by atoms with van der Waals surface area (Å²) in [5.74, 6) is -0.145. The van der Waals surface area contributed by atoms with E-state index in [9.17, 15) is 4.79 Å². The second-order valence-electron chi connectivity index (χ2n) is 4.13. The van der Waals surface area contributed by atoms with Crippen LogP contribution in [-0.4, -0.2) is 10.9 Å². The van der Waals surface area contributed by atoms with Gasteiger partial charge in [-0.05, 0) is 28.1 Å². The highest BCUT2D eigenvalue weighted by molar-refractivity contribution is 9.10. The van der Waals surface area contributed by atoms with Crippen LogP contribution >= 0.6 is 38.6 Å². The van der Waals surface area contributed by atoms with Crippen LogP contribution in [0.2, 0.25) is 0 Å². The SMILES string of the molecule is Nc1c(C(=O)NCc2cc(Br)cs2)sc2cnccc12. The van der Waals surface area contributed by atoms with Crippen LogP contribution in [-0.2, 0) is 6.54 Å². The lowest BCUT2D eigenvalue weighted by Gasteiger charge is -2.02. The molecule has 0 saturated carbocycles. The topological polar surface area (TPSA) is 68.0 Å². The highest BCUT2D eigenvalue weighted by atomic mass is 79.9. The van der Waals surface area contributed by atoms with Crippen LogP contribution < -0.4 is 11.1 Å². The number of hydrogen-bond donors (Lipinski definition) is 2. The highest BCUT2D eigenvalue weighted by Gasteiger charge is 2.16. The molecule has 20 heavy (non-hydrogen) atoms. The number of thiophene rings is 2. The Balaban J connectivity index is 1.80. The van der Waals surface area contributed by atoms with Crippen molar-refractivity contribution in [3.05, 3.63) is 44.1 Å². The van der Waals surface area contributed by atoms with Gasteiger partial charge in [0, 0.05) is 32.5 Å². The van der Waals surface area contributed by atoms with Gasteiger partial charge in [0.1, 0.15) is 4.88 Å². The Morgan fingerprint density at radius 1 is 1.50 bits per heavy atom. The molecule has 7 heteroatoms. The van der Waals surface area contributed by atoms with Crippen LogP contribution in [0.4, 0.5) is 5.69 Å². The van der Waals surface area contributed by atoms with E-state index in [0.717, 1.165) is 19.4 Å². The van der Waals surface area contributed by atoms with Gasteiger partial charge in [-0.3, -0.25) is 9.78 Å². The van der Waals surface area contributed by atoms with E-state index in [-0.39, 0.29) is 5.91 Å². The van der Waals surface area contributed by atoms with E-state index in [1.165, 1.54) is 11.3 Å². The Kier molecular flexibility index (Phi) is 3.73. The van der Waals surface area contributed by atoms with Crippen LogP contribution in [0.5, 0.6) is 0 Å². The molecule has 0 aliphatic heterocycles. The zero-order chi connectivity index (χ0) is 14.1. The summed E-state index contributed by atoms with van der Waals surface area (Å²) in [6.07, 6.45) is 3.40. The normalized spacial score (nSPS) is 10.8. The molecule has 0 aliphatic rings. The molecule has 3 heterocycles. The summed E-state index contributed by atoms with van der Waals surface area (Å²) >= 11 is 6.36. The maximum Gasteiger partial charge on any atom is 0.263 e. The standard InChI is InChI=1S/C13H10BrN3OS2/c14-7-3-8(19-6-7)4-17-13(18)12-11(15)9-1-2-16-5-10(9)20-12/h1-3,5-6H,4,15H2,(H,17,18). The molecule has 0 saturated heterocycles. The summed E-state index contributed by atoms with van der Waals surface area (Å²) in [6.45, 7) is 0.501. The Morgan fingerprint density at radius 3 is 3.05 bits per heavy atom. The third kappa shape index (κ3) is 2.56. The number of fused-ring (bicyclic) bond motifs is 1. The zero-order valence-electron chi connectivity index (χ0n) is 10.2. The van der Waals surface area contributed by atoms with Crippen molar-refractivity contribution < 1.29 is 4.79 Å². The van der Waals surface area contributed by atoms with Gasteiger partial charge >= 0.3 is 0 Å². The molecular weight excluding hydrogens is 358 g/mol. The molecule has 0 radical (unpaired) electrons. The van der Waals surface area contributed by atoms with Crippen molar-refractivity contribution in [3.8, 4) is 0 Å². The predicted molar refractivity (Wildman–Crippen MR) is 87.2 cm³/mol. The largest absolute Gasteiger partial charge is 0.397 e. The molecule has 0 bridgehead atoms. The number of carbonyl (C=O) groups excluding carboxylic acids is 1. The van der Waals surface area contributed by atoms with Crippen molar-refractivity contribution in [1.29, 1.82) is 0 Å². The number of hydrogen-bond acceptors (Lipinski definition) is 5. The fourth-order valence-corrected chi connectivity index (χ4v) is 4.23. The van der Waals surface area contributed by atoms with Crippen molar-refractivity contribution in [3.63, 3.8) is 0 Å². The van der Waals surface area contributed by atoms with Crippen molar-refractivity contribution in [2.75, 3.05) is 5.73 Å². The van der Waals surface area contributed by atoms with Crippen LogP contribution in [0.15, 0.2) is 34.4 Å². The minimum Gasteiger partial charge on any atom is -0.397 e. The molecule has 1 amide bonds. The van der Waals surface area contributed by atoms with Gasteiger partial charge in [0.25, 0.3) is 5.91 Å². The second kappa shape index (κ2) is 5.51. The number of pyridine rings is 1. The average Bonchev–Trinajstić information content (AvgIpc) is 3.01. The Hall–Kier alpha value is -1.44. The number of carbonyl (C=O) groups is 1. The quantitative estimate of drug-likeness (QED) is 0.742. The molecule has 102 valence electrons. The first-order chi connectivity index (χ1) is 9.65. The third-order valence-electron chi connectivity index (χ3n) is 2.78. The van der Waals surface area contributed by atoms with Crippen LogP contribution in [0.25, 0.3) is 10.1 Å². The van der Waals surface area contributed by atoms with Gasteiger partial charge < -0.3 is 11.1 Å². The van der Waals surface area contributed by atoms with E-state index in [2.05, 4.69) is 26.2 Å². The van der Waals surface area contributed by atoms with Crippen LogP contribution in [0.1, 0.15) is 14.5 Å². The van der Waals surface area contributed by atoms with Gasteiger partial charge in [-0.1, -0.05) is 0 Å². The molecule has 3 aromatic heterocycles. The van der Waals surface area contributed by atoms with Gasteiger partial charge in [0.05, 0.1) is 16.9 Å². The molecule has 3 rings (SSSR count). The number of nitrogens with two attached hydrogens (primary N) is 1. The second-order valence-corrected chi connectivity index (χ2v) is 7.09. The number of halogens is 1. The lowest BCUT2D eigenvalue weighted by molar-refractivity contribution is 0.0956. The number of nitrogen functional groups attached to an aromatic ring is 1. The fourth-order valence-electron chi connectivity index (χ4n) is 1.83. The van der Waals surface area contributed by atoms with Gasteiger partial charge in [0.15, 0.2) is 0 Å². The number of anilines is 1. The minimum absolute atomic E-state index is 0.145. The summed E-state index contributed by atoms with van der Waals surface area (Å²) in [6, 6.07) is 3.82. The first-order valence-corrected chi connectivity index (χ1v) is 8.27. The van der Waals surface area contributed by atoms with Gasteiger partial charge in [-0.15, -0.1) is 22.7 Å². The summed E-state index contributed by atoms with van der Waals surface area (Å²) in [5.41, 5.74) is 6.56. The fraction of sp³-hybridized carbons (Fsp3) is 0.0769. The lowest BCUT2D eigenvalue weighted by atomic mass is 10.2. The van der Waals surface area contributed by atoms with E-state index in [1.54, 1.807) is 23.7 Å². The first kappa shape index (κ1) is 13.5. The van der Waals surface area contributed by atoms with Crippen LogP contribution in [0.3, 0.4) is 0 Å². The van der Waals surface area contributed by atoms with E-state index in [4.69, 9.17) is 5.73 Å². The molecule has 0 aromatic carbocycles. The summed E-state index contributed by atoms with van der Waals surface area (Å²) < 4.78 is 1.95. The molecule has 4 nitrogen and oxygen atoms in total. The Morgan fingerprint density at radius 2 is 2.35 bits per heavy atom.